The molecule has 0 heterocycles. The van der Waals surface area contributed by atoms with E-state index in [1.54, 1.807) is 0 Å². The molecular formula is C21H30ClNO4. The molecule has 1 atom stereocenters. The molecule has 2 aromatic rings. The number of aliphatic hydroxyl groups is 1. The van der Waals surface area contributed by atoms with Gasteiger partial charge in [-0.2, -0.15) is 0 Å². The number of likely N-dealkylation sites (N-methyl/N-ethyl adjacent to an activating group) is 1. The van der Waals surface area contributed by atoms with E-state index in [1.165, 1.54) is 0 Å². The third kappa shape index (κ3) is 7.31. The topological polar surface area (TPSA) is 78.0 Å². The smallest absolute Gasteiger partial charge is 0.193 e. The molecule has 2 rings (SSSR count). The molecular weight excluding hydrogens is 366 g/mol. The van der Waals surface area contributed by atoms with Crippen LogP contribution in [-0.2, 0) is 0 Å². The average molecular weight is 396 g/mol. The molecule has 1 unspecified atom stereocenters. The molecule has 0 fully saturated rings. The summed E-state index contributed by atoms with van der Waals surface area (Å²) in [4.78, 5) is 12.6. The Labute approximate surface area is 167 Å². The molecule has 0 saturated heterocycles. The summed E-state index contributed by atoms with van der Waals surface area (Å²) in [5.41, 5.74) is 3.13. The number of aliphatic hydroxyl groups excluding tert-OH is 1. The van der Waals surface area contributed by atoms with Gasteiger partial charge in [0, 0.05) is 11.1 Å². The van der Waals surface area contributed by atoms with Crippen LogP contribution in [0.1, 0.15) is 27.0 Å². The first-order chi connectivity index (χ1) is 11.7. The van der Waals surface area contributed by atoms with Gasteiger partial charge in [-0.1, -0.05) is 30.3 Å². The lowest BCUT2D eigenvalue weighted by molar-refractivity contribution is -0.873. The molecule has 2 aromatic carbocycles. The van der Waals surface area contributed by atoms with Crippen molar-refractivity contribution in [3.63, 3.8) is 0 Å². The van der Waals surface area contributed by atoms with Crippen LogP contribution >= 0.6 is 0 Å². The highest BCUT2D eigenvalue weighted by atomic mass is 35.5. The van der Waals surface area contributed by atoms with E-state index in [1.807, 2.05) is 77.5 Å². The molecule has 0 aliphatic rings. The number of ether oxygens (including phenoxy) is 1. The van der Waals surface area contributed by atoms with Gasteiger partial charge in [-0.05, 0) is 37.1 Å². The molecule has 3 N–H and O–H groups in total. The fourth-order valence-corrected chi connectivity index (χ4v) is 2.93. The van der Waals surface area contributed by atoms with E-state index >= 15 is 0 Å². The van der Waals surface area contributed by atoms with Crippen molar-refractivity contribution >= 4 is 5.78 Å². The number of hydrogen-bond donors (Lipinski definition) is 1. The van der Waals surface area contributed by atoms with E-state index < -0.39 is 6.10 Å². The van der Waals surface area contributed by atoms with Gasteiger partial charge in [0.1, 0.15) is 25.0 Å². The number of hydrogen-bond acceptors (Lipinski definition) is 3. The van der Waals surface area contributed by atoms with Crippen LogP contribution in [0.4, 0.5) is 0 Å². The van der Waals surface area contributed by atoms with Crippen molar-refractivity contribution in [1.29, 1.82) is 0 Å². The number of aryl methyl sites for hydroxylation is 2. The van der Waals surface area contributed by atoms with Gasteiger partial charge in [0.05, 0.1) is 21.1 Å². The van der Waals surface area contributed by atoms with Crippen molar-refractivity contribution in [3.8, 4) is 5.75 Å². The normalized spacial score (nSPS) is 11.8. The van der Waals surface area contributed by atoms with E-state index in [0.717, 1.165) is 16.9 Å². The lowest BCUT2D eigenvalue weighted by atomic mass is 9.98. The van der Waals surface area contributed by atoms with Crippen LogP contribution in [0, 0.1) is 13.8 Å². The van der Waals surface area contributed by atoms with Gasteiger partial charge >= 0.3 is 0 Å². The Balaban J connectivity index is 0.00000338. The highest BCUT2D eigenvalue weighted by molar-refractivity contribution is 6.09. The summed E-state index contributed by atoms with van der Waals surface area (Å²) in [5, 5.41) is 10.1. The molecule has 0 radical (unpaired) electrons. The van der Waals surface area contributed by atoms with Gasteiger partial charge in [0.25, 0.3) is 0 Å². The van der Waals surface area contributed by atoms with Gasteiger partial charge in [-0.25, -0.2) is 0 Å². The molecule has 0 bridgehead atoms. The number of halogens is 1. The molecule has 0 aliphatic heterocycles. The zero-order valence-corrected chi connectivity index (χ0v) is 17.4. The molecule has 0 saturated carbocycles. The number of benzene rings is 2. The summed E-state index contributed by atoms with van der Waals surface area (Å²) in [6.07, 6.45) is -0.538. The molecule has 150 valence electrons. The summed E-state index contributed by atoms with van der Waals surface area (Å²) in [6, 6.07) is 13.0. The second-order valence-corrected chi connectivity index (χ2v) is 7.57. The Hall–Kier alpha value is -1.92. The van der Waals surface area contributed by atoms with Gasteiger partial charge in [0.2, 0.25) is 0 Å². The maximum atomic E-state index is 12.6. The summed E-state index contributed by atoms with van der Waals surface area (Å²) in [5.74, 6) is 0.744. The second kappa shape index (κ2) is 10.4. The monoisotopic (exact) mass is 395 g/mol. The number of nitrogens with zero attached hydrogens (tertiary/aromatic N) is 1. The predicted molar refractivity (Wildman–Crippen MR) is 104 cm³/mol. The van der Waals surface area contributed by atoms with E-state index in [0.29, 0.717) is 22.2 Å². The van der Waals surface area contributed by atoms with E-state index in [9.17, 15) is 9.90 Å². The van der Waals surface area contributed by atoms with Gasteiger partial charge in [0.15, 0.2) is 5.78 Å². The number of carbonyl (C=O) groups is 1. The van der Waals surface area contributed by atoms with Crippen molar-refractivity contribution < 1.29 is 37.0 Å². The lowest BCUT2D eigenvalue weighted by Gasteiger charge is -2.27. The largest absolute Gasteiger partial charge is 1.00 e. The van der Waals surface area contributed by atoms with E-state index in [4.69, 9.17) is 4.74 Å². The fraction of sp³-hybridized carbons (Fsp3) is 0.381. The van der Waals surface area contributed by atoms with E-state index in [-0.39, 0.29) is 30.3 Å². The quantitative estimate of drug-likeness (QED) is 0.490. The zero-order chi connectivity index (χ0) is 18.6. The van der Waals surface area contributed by atoms with Crippen molar-refractivity contribution in [1.82, 2.24) is 0 Å². The van der Waals surface area contributed by atoms with Crippen LogP contribution in [0.5, 0.6) is 5.75 Å². The molecule has 0 spiro atoms. The standard InChI is InChI=1S/C21H28NO3.ClH.H2O/c1-15-11-18(20(24)17-9-7-6-8-10-17)12-16(2)21(15)25-14-19(23)13-22(3,4)5;;/h6-12,19,23H,13-14H2,1-5H3;1H;1H2/q+1;;/p-1. The van der Waals surface area contributed by atoms with Crippen LogP contribution in [-0.4, -0.2) is 61.2 Å². The van der Waals surface area contributed by atoms with Crippen molar-refractivity contribution in [3.05, 3.63) is 64.7 Å². The molecule has 0 aliphatic carbocycles. The highest BCUT2D eigenvalue weighted by Crippen LogP contribution is 2.26. The summed E-state index contributed by atoms with van der Waals surface area (Å²) in [7, 11) is 6.09. The van der Waals surface area contributed by atoms with Crippen molar-refractivity contribution in [2.75, 3.05) is 34.3 Å². The number of ketones is 1. The van der Waals surface area contributed by atoms with Crippen molar-refractivity contribution in [2.24, 2.45) is 0 Å². The number of rotatable bonds is 7. The first-order valence-corrected chi connectivity index (χ1v) is 8.49. The molecule has 0 aromatic heterocycles. The van der Waals surface area contributed by atoms with Gasteiger partial charge < -0.3 is 32.2 Å². The predicted octanol–water partition coefficient (Wildman–Crippen LogP) is -0.840. The third-order valence-electron chi connectivity index (χ3n) is 3.94. The highest BCUT2D eigenvalue weighted by Gasteiger charge is 2.18. The van der Waals surface area contributed by atoms with Crippen LogP contribution < -0.4 is 17.1 Å². The SMILES string of the molecule is Cc1cc(C(=O)c2ccccc2)cc(C)c1OCC(O)C[N+](C)(C)C.O.[Cl-]. The lowest BCUT2D eigenvalue weighted by Crippen LogP contribution is -3.00. The first-order valence-electron chi connectivity index (χ1n) is 8.49. The Morgan fingerprint density at radius 3 is 2.04 bits per heavy atom. The summed E-state index contributed by atoms with van der Waals surface area (Å²) < 4.78 is 6.52. The van der Waals surface area contributed by atoms with Crippen LogP contribution in [0.25, 0.3) is 0 Å². The minimum absolute atomic E-state index is 0. The second-order valence-electron chi connectivity index (χ2n) is 7.57. The van der Waals surface area contributed by atoms with E-state index in [2.05, 4.69) is 0 Å². The Morgan fingerprint density at radius 1 is 1.04 bits per heavy atom. The zero-order valence-electron chi connectivity index (χ0n) is 16.6. The van der Waals surface area contributed by atoms with Crippen molar-refractivity contribution in [2.45, 2.75) is 20.0 Å². The van der Waals surface area contributed by atoms with Crippen LogP contribution in [0.3, 0.4) is 0 Å². The van der Waals surface area contributed by atoms with Gasteiger partial charge in [-0.15, -0.1) is 0 Å². The Bertz CT molecular complexity index is 719. The maximum Gasteiger partial charge on any atom is 0.193 e. The number of quaternary nitrogens is 1. The molecule has 6 heteroatoms. The molecule has 27 heavy (non-hydrogen) atoms. The third-order valence-corrected chi connectivity index (χ3v) is 3.94. The summed E-state index contributed by atoms with van der Waals surface area (Å²) in [6.45, 7) is 4.71. The fourth-order valence-electron chi connectivity index (χ4n) is 2.93. The average Bonchev–Trinajstić information content (AvgIpc) is 2.52. The minimum atomic E-state index is -0.538. The van der Waals surface area contributed by atoms with Crippen LogP contribution in [0.2, 0.25) is 0 Å². The molecule has 0 amide bonds. The Kier molecular flexibility index (Phi) is 9.68. The van der Waals surface area contributed by atoms with Crippen LogP contribution in [0.15, 0.2) is 42.5 Å². The molecule has 5 nitrogen and oxygen atoms in total. The first kappa shape index (κ1) is 25.1. The Morgan fingerprint density at radius 2 is 1.56 bits per heavy atom. The van der Waals surface area contributed by atoms with Gasteiger partial charge in [-0.3, -0.25) is 4.79 Å². The summed E-state index contributed by atoms with van der Waals surface area (Å²) >= 11 is 0. The minimum Gasteiger partial charge on any atom is -1.00 e. The maximum absolute atomic E-state index is 12.6. The number of carbonyl (C=O) groups excluding carboxylic acids is 1.